The van der Waals surface area contributed by atoms with Crippen LogP contribution < -0.4 is 4.74 Å². The zero-order valence-electron chi connectivity index (χ0n) is 13.8. The van der Waals surface area contributed by atoms with Gasteiger partial charge in [-0.1, -0.05) is 18.2 Å². The van der Waals surface area contributed by atoms with Crippen molar-refractivity contribution in [3.63, 3.8) is 0 Å². The molecule has 0 saturated heterocycles. The van der Waals surface area contributed by atoms with Crippen molar-refractivity contribution < 1.29 is 19.1 Å². The summed E-state index contributed by atoms with van der Waals surface area (Å²) in [4.78, 5) is 22.4. The van der Waals surface area contributed by atoms with Gasteiger partial charge in [-0.2, -0.15) is 0 Å². The van der Waals surface area contributed by atoms with E-state index >= 15 is 0 Å². The van der Waals surface area contributed by atoms with Crippen LogP contribution in [-0.2, 0) is 9.53 Å². The fraction of sp³-hybridized carbons (Fsp3) is 0.368. The van der Waals surface area contributed by atoms with Gasteiger partial charge in [0.2, 0.25) is 0 Å². The number of rotatable bonds is 6. The molecule has 0 fully saturated rings. The molecule has 0 aliphatic carbocycles. The van der Waals surface area contributed by atoms with Crippen LogP contribution in [0.3, 0.4) is 0 Å². The Morgan fingerprint density at radius 1 is 1.09 bits per heavy atom. The van der Waals surface area contributed by atoms with E-state index in [0.29, 0.717) is 25.0 Å². The Morgan fingerprint density at radius 3 is 2.48 bits per heavy atom. The van der Waals surface area contributed by atoms with E-state index in [1.54, 1.807) is 6.07 Å². The number of fused-ring (bicyclic) bond motifs is 1. The van der Waals surface area contributed by atoms with Crippen LogP contribution in [0.25, 0.3) is 10.8 Å². The van der Waals surface area contributed by atoms with Crippen molar-refractivity contribution in [2.75, 3.05) is 6.61 Å². The summed E-state index contributed by atoms with van der Waals surface area (Å²) < 4.78 is 10.9. The van der Waals surface area contributed by atoms with Crippen molar-refractivity contribution in [1.29, 1.82) is 0 Å². The second-order valence-corrected chi connectivity index (χ2v) is 6.42. The van der Waals surface area contributed by atoms with Gasteiger partial charge in [-0.15, -0.1) is 0 Å². The van der Waals surface area contributed by atoms with E-state index in [2.05, 4.69) is 0 Å². The molecule has 0 radical (unpaired) electrons. The summed E-state index contributed by atoms with van der Waals surface area (Å²) in [5.74, 6) is 0.543. The number of hydrogen-bond acceptors (Lipinski definition) is 4. The molecule has 0 aliphatic rings. The average molecular weight is 314 g/mol. The molecule has 122 valence electrons. The fourth-order valence-corrected chi connectivity index (χ4v) is 2.20. The Bertz CT molecular complexity index is 698. The van der Waals surface area contributed by atoms with Crippen LogP contribution in [0.4, 0.5) is 0 Å². The monoisotopic (exact) mass is 314 g/mol. The number of esters is 1. The standard InChI is InChI=1S/C19H22O4/c1-19(2,3)23-18(21)5-4-10-22-17-9-8-15-11-14(13-20)6-7-16(15)12-17/h6-9,11-13H,4-5,10H2,1-3H3. The maximum absolute atomic E-state index is 11.6. The summed E-state index contributed by atoms with van der Waals surface area (Å²) >= 11 is 0. The maximum Gasteiger partial charge on any atom is 0.306 e. The van der Waals surface area contributed by atoms with Crippen molar-refractivity contribution >= 4 is 23.0 Å². The molecule has 2 rings (SSSR count). The van der Waals surface area contributed by atoms with Crippen LogP contribution in [0.2, 0.25) is 0 Å². The summed E-state index contributed by atoms with van der Waals surface area (Å²) in [5.41, 5.74) is 0.208. The van der Waals surface area contributed by atoms with Crippen LogP contribution in [-0.4, -0.2) is 24.5 Å². The van der Waals surface area contributed by atoms with Gasteiger partial charge in [0.1, 0.15) is 17.6 Å². The van der Waals surface area contributed by atoms with Crippen LogP contribution in [0, 0.1) is 0 Å². The zero-order valence-corrected chi connectivity index (χ0v) is 13.8. The largest absolute Gasteiger partial charge is 0.494 e. The summed E-state index contributed by atoms with van der Waals surface area (Å²) in [6.07, 6.45) is 1.78. The van der Waals surface area contributed by atoms with Crippen molar-refractivity contribution in [2.24, 2.45) is 0 Å². The number of benzene rings is 2. The maximum atomic E-state index is 11.6. The van der Waals surface area contributed by atoms with Crippen molar-refractivity contribution in [3.8, 4) is 5.75 Å². The van der Waals surface area contributed by atoms with Gasteiger partial charge in [-0.05, 0) is 56.2 Å². The molecule has 4 heteroatoms. The van der Waals surface area contributed by atoms with Crippen LogP contribution in [0.5, 0.6) is 5.75 Å². The van der Waals surface area contributed by atoms with E-state index in [-0.39, 0.29) is 5.97 Å². The fourth-order valence-electron chi connectivity index (χ4n) is 2.20. The van der Waals surface area contributed by atoms with E-state index in [9.17, 15) is 9.59 Å². The first kappa shape index (κ1) is 17.0. The highest BCUT2D eigenvalue weighted by Crippen LogP contribution is 2.22. The van der Waals surface area contributed by atoms with Crippen LogP contribution >= 0.6 is 0 Å². The molecule has 0 aliphatic heterocycles. The molecule has 0 saturated carbocycles. The summed E-state index contributed by atoms with van der Waals surface area (Å²) in [6, 6.07) is 11.2. The Balaban J connectivity index is 1.85. The molecular formula is C19H22O4. The summed E-state index contributed by atoms with van der Waals surface area (Å²) in [6.45, 7) is 6.02. The lowest BCUT2D eigenvalue weighted by molar-refractivity contribution is -0.155. The minimum absolute atomic E-state index is 0.207. The van der Waals surface area contributed by atoms with E-state index in [4.69, 9.17) is 9.47 Å². The van der Waals surface area contributed by atoms with Gasteiger partial charge in [0.05, 0.1) is 6.61 Å². The Labute approximate surface area is 136 Å². The van der Waals surface area contributed by atoms with E-state index in [0.717, 1.165) is 22.8 Å². The van der Waals surface area contributed by atoms with E-state index in [1.807, 2.05) is 51.1 Å². The lowest BCUT2D eigenvalue weighted by atomic mass is 10.1. The number of carbonyl (C=O) groups excluding carboxylic acids is 2. The van der Waals surface area contributed by atoms with E-state index < -0.39 is 5.60 Å². The molecule has 0 atom stereocenters. The normalized spacial score (nSPS) is 11.3. The summed E-state index contributed by atoms with van der Waals surface area (Å²) in [7, 11) is 0. The molecule has 0 unspecified atom stereocenters. The smallest absolute Gasteiger partial charge is 0.306 e. The van der Waals surface area contributed by atoms with Gasteiger partial charge in [-0.3, -0.25) is 9.59 Å². The topological polar surface area (TPSA) is 52.6 Å². The highest BCUT2D eigenvalue weighted by molar-refractivity contribution is 5.89. The van der Waals surface area contributed by atoms with E-state index in [1.165, 1.54) is 0 Å². The third-order valence-corrected chi connectivity index (χ3v) is 3.19. The third kappa shape index (κ3) is 5.40. The minimum Gasteiger partial charge on any atom is -0.494 e. The lowest BCUT2D eigenvalue weighted by Gasteiger charge is -2.19. The van der Waals surface area contributed by atoms with Gasteiger partial charge in [0, 0.05) is 12.0 Å². The molecule has 0 spiro atoms. The molecule has 2 aromatic carbocycles. The lowest BCUT2D eigenvalue weighted by Crippen LogP contribution is -2.23. The molecule has 0 bridgehead atoms. The van der Waals surface area contributed by atoms with Crippen molar-refractivity contribution in [2.45, 2.75) is 39.2 Å². The highest BCUT2D eigenvalue weighted by Gasteiger charge is 2.15. The number of ether oxygens (including phenoxy) is 2. The molecule has 0 amide bonds. The second kappa shape index (κ2) is 7.27. The van der Waals surface area contributed by atoms with Gasteiger partial charge in [0.25, 0.3) is 0 Å². The van der Waals surface area contributed by atoms with Crippen LogP contribution in [0.15, 0.2) is 36.4 Å². The number of carbonyl (C=O) groups is 2. The molecule has 0 N–H and O–H groups in total. The third-order valence-electron chi connectivity index (χ3n) is 3.19. The highest BCUT2D eigenvalue weighted by atomic mass is 16.6. The predicted molar refractivity (Wildman–Crippen MR) is 89.9 cm³/mol. The molecule has 2 aromatic rings. The number of aldehydes is 1. The summed E-state index contributed by atoms with van der Waals surface area (Å²) in [5, 5.41) is 2.01. The first-order chi connectivity index (χ1) is 10.9. The Morgan fingerprint density at radius 2 is 1.78 bits per heavy atom. The van der Waals surface area contributed by atoms with Crippen LogP contribution in [0.1, 0.15) is 44.0 Å². The SMILES string of the molecule is CC(C)(C)OC(=O)CCCOc1ccc2cc(C=O)ccc2c1. The average Bonchev–Trinajstić information content (AvgIpc) is 2.49. The molecule has 4 nitrogen and oxygen atoms in total. The molecule has 23 heavy (non-hydrogen) atoms. The number of hydrogen-bond donors (Lipinski definition) is 0. The first-order valence-corrected chi connectivity index (χ1v) is 7.71. The van der Waals surface area contributed by atoms with Gasteiger partial charge >= 0.3 is 5.97 Å². The second-order valence-electron chi connectivity index (χ2n) is 6.42. The first-order valence-electron chi connectivity index (χ1n) is 7.71. The van der Waals surface area contributed by atoms with Crippen molar-refractivity contribution in [1.82, 2.24) is 0 Å². The molecule has 0 aromatic heterocycles. The van der Waals surface area contributed by atoms with Crippen molar-refractivity contribution in [3.05, 3.63) is 42.0 Å². The van der Waals surface area contributed by atoms with Gasteiger partial charge < -0.3 is 9.47 Å². The van der Waals surface area contributed by atoms with Gasteiger partial charge in [0.15, 0.2) is 0 Å². The Kier molecular flexibility index (Phi) is 5.37. The minimum atomic E-state index is -0.448. The molecular weight excluding hydrogens is 292 g/mol. The quantitative estimate of drug-likeness (QED) is 0.456. The Hall–Kier alpha value is -2.36. The predicted octanol–water partition coefficient (Wildman–Crippen LogP) is 4.15. The van der Waals surface area contributed by atoms with Gasteiger partial charge in [-0.25, -0.2) is 0 Å². The zero-order chi connectivity index (χ0) is 16.9. The molecule has 0 heterocycles.